The van der Waals surface area contributed by atoms with Gasteiger partial charge >= 0.3 is 5.69 Å². The maximum atomic E-state index is 13.2. The molecule has 2 N–H and O–H groups in total. The largest absolute Gasteiger partial charge is 0.382 e. The van der Waals surface area contributed by atoms with E-state index in [1.807, 2.05) is 42.9 Å². The highest BCUT2D eigenvalue weighted by Gasteiger charge is 2.19. The van der Waals surface area contributed by atoms with Crippen molar-refractivity contribution in [1.29, 1.82) is 0 Å². The maximum Gasteiger partial charge on any atom is 0.333 e. The summed E-state index contributed by atoms with van der Waals surface area (Å²) in [5, 5.41) is 5.77. The number of nitrogens with two attached hydrogens (primary N) is 1. The number of benzene rings is 1. The quantitative estimate of drug-likeness (QED) is 0.468. The van der Waals surface area contributed by atoms with Crippen LogP contribution in [-0.4, -0.2) is 28.9 Å². The second-order valence-electron chi connectivity index (χ2n) is 7.45. The van der Waals surface area contributed by atoms with E-state index in [2.05, 4.69) is 15.1 Å². The lowest BCUT2D eigenvalue weighted by molar-refractivity contribution is 0.653. The van der Waals surface area contributed by atoms with Crippen LogP contribution >= 0.6 is 11.6 Å². The lowest BCUT2D eigenvalue weighted by atomic mass is 10.0. The van der Waals surface area contributed by atoms with Crippen LogP contribution in [0.3, 0.4) is 0 Å². The maximum absolute atomic E-state index is 13.2. The van der Waals surface area contributed by atoms with Gasteiger partial charge in [-0.05, 0) is 37.6 Å². The van der Waals surface area contributed by atoms with E-state index >= 15 is 0 Å². The monoisotopic (exact) mass is 433 g/mol. The molecule has 0 radical (unpaired) electrons. The van der Waals surface area contributed by atoms with Gasteiger partial charge < -0.3 is 5.73 Å². The molecule has 5 rings (SSSR count). The standard InChI is InChI=1S/C22H20ClN7O/c1-4-29-11-19(12(2)27-29)30-20-15-7-13(14-8-16(23)21(24)26-9-14)5-6-17(15)25-10-18(20)28(3)22(30)31/h5-11H,4H2,1-3H3,(H2,24,26). The summed E-state index contributed by atoms with van der Waals surface area (Å²) < 4.78 is 5.15. The van der Waals surface area contributed by atoms with E-state index < -0.39 is 0 Å². The Balaban J connectivity index is 1.86. The van der Waals surface area contributed by atoms with Crippen molar-refractivity contribution in [3.8, 4) is 16.8 Å². The number of rotatable bonds is 3. The number of anilines is 1. The van der Waals surface area contributed by atoms with Crippen LogP contribution in [0.2, 0.25) is 5.02 Å². The molecule has 0 saturated heterocycles. The molecule has 31 heavy (non-hydrogen) atoms. The average Bonchev–Trinajstić information content (AvgIpc) is 3.26. The Morgan fingerprint density at radius 2 is 1.94 bits per heavy atom. The van der Waals surface area contributed by atoms with Crippen molar-refractivity contribution in [1.82, 2.24) is 28.9 Å². The van der Waals surface area contributed by atoms with Crippen molar-refractivity contribution in [3.05, 3.63) is 64.1 Å². The smallest absolute Gasteiger partial charge is 0.333 e. The molecule has 0 amide bonds. The van der Waals surface area contributed by atoms with Crippen molar-refractivity contribution in [3.63, 3.8) is 0 Å². The average molecular weight is 434 g/mol. The van der Waals surface area contributed by atoms with Gasteiger partial charge in [0.25, 0.3) is 0 Å². The first-order chi connectivity index (χ1) is 14.9. The number of pyridine rings is 2. The molecule has 5 aromatic rings. The van der Waals surface area contributed by atoms with Gasteiger partial charge in [-0.15, -0.1) is 0 Å². The van der Waals surface area contributed by atoms with Gasteiger partial charge in [0.2, 0.25) is 0 Å². The number of fused-ring (bicyclic) bond motifs is 3. The van der Waals surface area contributed by atoms with Crippen LogP contribution in [0, 0.1) is 6.92 Å². The third-order valence-corrected chi connectivity index (χ3v) is 5.87. The highest BCUT2D eigenvalue weighted by atomic mass is 35.5. The summed E-state index contributed by atoms with van der Waals surface area (Å²) in [6.45, 7) is 4.64. The van der Waals surface area contributed by atoms with Gasteiger partial charge in [0.15, 0.2) is 0 Å². The van der Waals surface area contributed by atoms with Crippen LogP contribution in [0.15, 0.2) is 47.7 Å². The van der Waals surface area contributed by atoms with Gasteiger partial charge in [-0.25, -0.2) is 9.78 Å². The van der Waals surface area contributed by atoms with Crippen molar-refractivity contribution >= 4 is 39.4 Å². The summed E-state index contributed by atoms with van der Waals surface area (Å²) in [6.07, 6.45) is 5.32. The van der Waals surface area contributed by atoms with Crippen LogP contribution in [-0.2, 0) is 13.6 Å². The predicted octanol–water partition coefficient (Wildman–Crippen LogP) is 3.70. The van der Waals surface area contributed by atoms with E-state index in [0.717, 1.165) is 51.0 Å². The van der Waals surface area contributed by atoms with Crippen molar-refractivity contribution in [2.24, 2.45) is 7.05 Å². The van der Waals surface area contributed by atoms with Gasteiger partial charge in [0.05, 0.1) is 39.2 Å². The summed E-state index contributed by atoms with van der Waals surface area (Å²) in [5.74, 6) is 0.288. The molecular weight excluding hydrogens is 414 g/mol. The fraction of sp³-hybridized carbons (Fsp3) is 0.182. The Morgan fingerprint density at radius 3 is 2.65 bits per heavy atom. The lowest BCUT2D eigenvalue weighted by Gasteiger charge is -2.08. The molecule has 0 aliphatic carbocycles. The van der Waals surface area contributed by atoms with Crippen LogP contribution in [0.25, 0.3) is 38.8 Å². The van der Waals surface area contributed by atoms with Crippen LogP contribution in [0.5, 0.6) is 0 Å². The number of imidazole rings is 1. The minimum atomic E-state index is -0.148. The lowest BCUT2D eigenvalue weighted by Crippen LogP contribution is -2.21. The molecule has 4 aromatic heterocycles. The third-order valence-electron chi connectivity index (χ3n) is 5.57. The molecule has 0 bridgehead atoms. The molecule has 156 valence electrons. The zero-order chi connectivity index (χ0) is 21.9. The minimum absolute atomic E-state index is 0.148. The van der Waals surface area contributed by atoms with Crippen molar-refractivity contribution < 1.29 is 0 Å². The number of aromatic nitrogens is 6. The van der Waals surface area contributed by atoms with E-state index in [0.29, 0.717) is 5.02 Å². The SMILES string of the molecule is CCn1cc(-n2c(=O)n(C)c3cnc4ccc(-c5cnc(N)c(Cl)c5)cc4c32)c(C)n1. The van der Waals surface area contributed by atoms with Crippen LogP contribution in [0.1, 0.15) is 12.6 Å². The van der Waals surface area contributed by atoms with Gasteiger partial charge in [-0.2, -0.15) is 5.10 Å². The van der Waals surface area contributed by atoms with E-state index in [-0.39, 0.29) is 11.5 Å². The zero-order valence-corrected chi connectivity index (χ0v) is 18.1. The Hall–Kier alpha value is -3.65. The third kappa shape index (κ3) is 2.90. The van der Waals surface area contributed by atoms with Crippen LogP contribution < -0.4 is 11.4 Å². The molecule has 9 heteroatoms. The highest BCUT2D eigenvalue weighted by Crippen LogP contribution is 2.31. The van der Waals surface area contributed by atoms with Crippen molar-refractivity contribution in [2.75, 3.05) is 5.73 Å². The predicted molar refractivity (Wildman–Crippen MR) is 123 cm³/mol. The van der Waals surface area contributed by atoms with Gasteiger partial charge in [0, 0.05) is 36.9 Å². The molecule has 8 nitrogen and oxygen atoms in total. The number of nitrogens with zero attached hydrogens (tertiary/aromatic N) is 6. The topological polar surface area (TPSA) is 96.5 Å². The number of nitrogen functional groups attached to an aromatic ring is 1. The molecule has 0 unspecified atom stereocenters. The molecule has 0 aliphatic heterocycles. The van der Waals surface area contributed by atoms with Crippen molar-refractivity contribution in [2.45, 2.75) is 20.4 Å². The number of halogens is 1. The normalized spacial score (nSPS) is 11.6. The number of hydrogen-bond acceptors (Lipinski definition) is 5. The first kappa shape index (κ1) is 19.3. The Labute approximate surface area is 182 Å². The van der Waals surface area contributed by atoms with Crippen LogP contribution in [0.4, 0.5) is 5.82 Å². The summed E-state index contributed by atoms with van der Waals surface area (Å²) in [5.41, 5.74) is 11.2. The fourth-order valence-electron chi connectivity index (χ4n) is 3.90. The summed E-state index contributed by atoms with van der Waals surface area (Å²) in [7, 11) is 1.75. The van der Waals surface area contributed by atoms with Gasteiger partial charge in [0.1, 0.15) is 5.82 Å². The van der Waals surface area contributed by atoms with Gasteiger partial charge in [-0.1, -0.05) is 17.7 Å². The first-order valence-electron chi connectivity index (χ1n) is 9.85. The fourth-order valence-corrected chi connectivity index (χ4v) is 4.06. The summed E-state index contributed by atoms with van der Waals surface area (Å²) in [6, 6.07) is 7.67. The Morgan fingerprint density at radius 1 is 1.13 bits per heavy atom. The summed E-state index contributed by atoms with van der Waals surface area (Å²) >= 11 is 6.18. The van der Waals surface area contributed by atoms with Gasteiger partial charge in [-0.3, -0.25) is 18.8 Å². The highest BCUT2D eigenvalue weighted by molar-refractivity contribution is 6.33. The molecule has 0 atom stereocenters. The molecule has 0 aliphatic rings. The van der Waals surface area contributed by atoms with E-state index in [9.17, 15) is 4.79 Å². The minimum Gasteiger partial charge on any atom is -0.382 e. The van der Waals surface area contributed by atoms with E-state index in [1.165, 1.54) is 0 Å². The number of aryl methyl sites for hydroxylation is 3. The molecule has 0 fully saturated rings. The molecule has 4 heterocycles. The zero-order valence-electron chi connectivity index (χ0n) is 17.3. The Bertz CT molecular complexity index is 1540. The molecule has 0 spiro atoms. The second-order valence-corrected chi connectivity index (χ2v) is 7.85. The second kappa shape index (κ2) is 6.95. The first-order valence-corrected chi connectivity index (χ1v) is 10.2. The summed E-state index contributed by atoms with van der Waals surface area (Å²) in [4.78, 5) is 22.0. The number of hydrogen-bond donors (Lipinski definition) is 1. The molecule has 1 aromatic carbocycles. The molecule has 0 saturated carbocycles. The van der Waals surface area contributed by atoms with E-state index in [1.54, 1.807) is 34.6 Å². The van der Waals surface area contributed by atoms with E-state index in [4.69, 9.17) is 17.3 Å². The Kier molecular flexibility index (Phi) is 4.33. The molecular formula is C22H20ClN7O.